The molecule has 1 fully saturated rings. The number of aromatic nitrogens is 2. The fraction of sp³-hybridized carbons (Fsp3) is 0.364. The van der Waals surface area contributed by atoms with Gasteiger partial charge in [0.25, 0.3) is 0 Å². The van der Waals surface area contributed by atoms with Crippen LogP contribution in [0.3, 0.4) is 0 Å². The van der Waals surface area contributed by atoms with Gasteiger partial charge in [0.1, 0.15) is 0 Å². The van der Waals surface area contributed by atoms with Gasteiger partial charge in [0.2, 0.25) is 0 Å². The van der Waals surface area contributed by atoms with Crippen LogP contribution in [-0.4, -0.2) is 15.6 Å². The summed E-state index contributed by atoms with van der Waals surface area (Å²) in [4.78, 5) is 14.7. The van der Waals surface area contributed by atoms with Crippen LogP contribution in [-0.2, 0) is 0 Å². The predicted molar refractivity (Wildman–Crippen MR) is 56.9 cm³/mol. The molecule has 4 rings (SSSR count). The average molecular weight is 201 g/mol. The first kappa shape index (κ1) is 7.70. The molecule has 15 heavy (non-hydrogen) atoms. The van der Waals surface area contributed by atoms with Crippen LogP contribution in [0, 0.1) is 0 Å². The van der Waals surface area contributed by atoms with E-state index in [4.69, 9.17) is 0 Å². The fourth-order valence-corrected chi connectivity index (χ4v) is 2.86. The molecule has 2 aromatic rings. The van der Waals surface area contributed by atoms with E-state index in [-0.39, 0.29) is 11.7 Å². The van der Waals surface area contributed by atoms with Crippen LogP contribution < -0.4 is 11.0 Å². The third-order valence-corrected chi connectivity index (χ3v) is 3.65. The molecule has 3 heterocycles. The molecule has 4 nitrogen and oxygen atoms in total. The minimum Gasteiger partial charge on any atom is -0.306 e. The molecule has 4 heteroatoms. The van der Waals surface area contributed by atoms with Gasteiger partial charge in [0.05, 0.1) is 23.1 Å². The lowest BCUT2D eigenvalue weighted by molar-refractivity contribution is 0.515. The predicted octanol–water partition coefficient (Wildman–Crippen LogP) is 0.917. The standard InChI is InChI=1S/C11H11N3O/c1-5-8-9(13-8)6-3-2-4-7-10(6)14(5)11(15)12-7/h2-5,8-9,13H,1H3,(H,12,15). The van der Waals surface area contributed by atoms with E-state index in [1.165, 1.54) is 5.56 Å². The monoisotopic (exact) mass is 201 g/mol. The Labute approximate surface area is 85.9 Å². The number of H-pyrrole nitrogens is 1. The number of nitrogens with zero attached hydrogens (tertiary/aromatic N) is 1. The number of nitrogens with one attached hydrogen (secondary N) is 2. The molecule has 0 aliphatic carbocycles. The Morgan fingerprint density at radius 1 is 1.40 bits per heavy atom. The van der Waals surface area contributed by atoms with Crippen molar-refractivity contribution in [2.75, 3.05) is 0 Å². The van der Waals surface area contributed by atoms with Gasteiger partial charge >= 0.3 is 5.69 Å². The van der Waals surface area contributed by atoms with Gasteiger partial charge in [-0.2, -0.15) is 0 Å². The van der Waals surface area contributed by atoms with Crippen molar-refractivity contribution in [3.63, 3.8) is 0 Å². The van der Waals surface area contributed by atoms with Crippen molar-refractivity contribution in [3.8, 4) is 0 Å². The summed E-state index contributed by atoms with van der Waals surface area (Å²) in [5.74, 6) is 0. The Bertz CT molecular complexity index is 624. The van der Waals surface area contributed by atoms with Gasteiger partial charge < -0.3 is 10.3 Å². The molecule has 1 aromatic heterocycles. The Morgan fingerprint density at radius 3 is 3.13 bits per heavy atom. The maximum absolute atomic E-state index is 11.8. The summed E-state index contributed by atoms with van der Waals surface area (Å²) in [5.41, 5.74) is 3.31. The average Bonchev–Trinajstić information content (AvgIpc) is 2.93. The molecule has 76 valence electrons. The largest absolute Gasteiger partial charge is 0.326 e. The molecule has 0 radical (unpaired) electrons. The molecule has 2 aliphatic heterocycles. The summed E-state index contributed by atoms with van der Waals surface area (Å²) in [6.45, 7) is 2.10. The number of hydrogen-bond donors (Lipinski definition) is 2. The van der Waals surface area contributed by atoms with Crippen LogP contribution in [0.4, 0.5) is 0 Å². The number of aromatic amines is 1. The van der Waals surface area contributed by atoms with Gasteiger partial charge in [-0.3, -0.25) is 4.57 Å². The van der Waals surface area contributed by atoms with E-state index >= 15 is 0 Å². The SMILES string of the molecule is CC1C2NC2c2cccc3[nH]c(=O)n1c23. The molecule has 1 saturated heterocycles. The molecule has 2 N–H and O–H groups in total. The maximum Gasteiger partial charge on any atom is 0.326 e. The summed E-state index contributed by atoms with van der Waals surface area (Å²) in [6.07, 6.45) is 0. The van der Waals surface area contributed by atoms with Crippen LogP contribution in [0.2, 0.25) is 0 Å². The second-order valence-corrected chi connectivity index (χ2v) is 4.45. The van der Waals surface area contributed by atoms with Crippen LogP contribution in [0.25, 0.3) is 11.0 Å². The van der Waals surface area contributed by atoms with Crippen LogP contribution in [0.5, 0.6) is 0 Å². The van der Waals surface area contributed by atoms with Crippen LogP contribution in [0.15, 0.2) is 23.0 Å². The molecule has 3 atom stereocenters. The fourth-order valence-electron chi connectivity index (χ4n) is 2.86. The van der Waals surface area contributed by atoms with E-state index in [1.807, 2.05) is 16.7 Å². The van der Waals surface area contributed by atoms with E-state index in [1.54, 1.807) is 0 Å². The van der Waals surface area contributed by atoms with Crippen LogP contribution in [0.1, 0.15) is 24.6 Å². The van der Waals surface area contributed by atoms with Crippen molar-refractivity contribution < 1.29 is 0 Å². The summed E-state index contributed by atoms with van der Waals surface area (Å²) < 4.78 is 1.88. The second kappa shape index (κ2) is 2.17. The van der Waals surface area contributed by atoms with Crippen molar-refractivity contribution in [1.82, 2.24) is 14.9 Å². The maximum atomic E-state index is 11.8. The number of benzene rings is 1. The van der Waals surface area contributed by atoms with Gasteiger partial charge in [-0.05, 0) is 18.6 Å². The first-order valence-electron chi connectivity index (χ1n) is 5.26. The molecule has 1 aromatic carbocycles. The third-order valence-electron chi connectivity index (χ3n) is 3.65. The topological polar surface area (TPSA) is 59.7 Å². The zero-order valence-electron chi connectivity index (χ0n) is 8.32. The molecule has 0 bridgehead atoms. The minimum absolute atomic E-state index is 0.0112. The van der Waals surface area contributed by atoms with Crippen molar-refractivity contribution in [2.24, 2.45) is 0 Å². The highest BCUT2D eigenvalue weighted by Crippen LogP contribution is 2.44. The molecule has 0 spiro atoms. The Balaban J connectivity index is 2.25. The number of hydrogen-bond acceptors (Lipinski definition) is 2. The molecular formula is C11H11N3O. The number of imidazole rings is 1. The summed E-state index contributed by atoms with van der Waals surface area (Å²) in [6, 6.07) is 7.23. The van der Waals surface area contributed by atoms with Gasteiger partial charge in [0, 0.05) is 6.04 Å². The number of fused-ring (bicyclic) bond motifs is 2. The second-order valence-electron chi connectivity index (χ2n) is 4.45. The Kier molecular flexibility index (Phi) is 1.11. The first-order chi connectivity index (χ1) is 7.27. The summed E-state index contributed by atoms with van der Waals surface area (Å²) in [5, 5.41) is 3.43. The Morgan fingerprint density at radius 2 is 2.27 bits per heavy atom. The molecule has 0 amide bonds. The van der Waals surface area contributed by atoms with Gasteiger partial charge in [-0.15, -0.1) is 0 Å². The van der Waals surface area contributed by atoms with Crippen molar-refractivity contribution >= 4 is 11.0 Å². The van der Waals surface area contributed by atoms with Gasteiger partial charge in [-0.25, -0.2) is 4.79 Å². The molecular weight excluding hydrogens is 190 g/mol. The lowest BCUT2D eigenvalue weighted by Gasteiger charge is -2.18. The van der Waals surface area contributed by atoms with Crippen LogP contribution >= 0.6 is 0 Å². The highest BCUT2D eigenvalue weighted by molar-refractivity contribution is 5.81. The summed E-state index contributed by atoms with van der Waals surface area (Å²) in [7, 11) is 0. The van der Waals surface area contributed by atoms with Crippen molar-refractivity contribution in [3.05, 3.63) is 34.2 Å². The van der Waals surface area contributed by atoms with Crippen molar-refractivity contribution in [1.29, 1.82) is 0 Å². The van der Waals surface area contributed by atoms with E-state index in [0.717, 1.165) is 11.0 Å². The zero-order chi connectivity index (χ0) is 10.2. The normalized spacial score (nSPS) is 31.7. The molecule has 3 unspecified atom stereocenters. The third kappa shape index (κ3) is 0.754. The van der Waals surface area contributed by atoms with Gasteiger partial charge in [0.15, 0.2) is 0 Å². The quantitative estimate of drug-likeness (QED) is 0.622. The molecule has 2 aliphatic rings. The van der Waals surface area contributed by atoms with Gasteiger partial charge in [-0.1, -0.05) is 12.1 Å². The summed E-state index contributed by atoms with van der Waals surface area (Å²) >= 11 is 0. The lowest BCUT2D eigenvalue weighted by Crippen LogP contribution is -2.26. The highest BCUT2D eigenvalue weighted by Gasteiger charge is 2.47. The minimum atomic E-state index is 0.0112. The number of rotatable bonds is 0. The first-order valence-corrected chi connectivity index (χ1v) is 5.26. The van der Waals surface area contributed by atoms with Crippen molar-refractivity contribution in [2.45, 2.75) is 25.0 Å². The smallest absolute Gasteiger partial charge is 0.306 e. The van der Waals surface area contributed by atoms with E-state index in [2.05, 4.69) is 23.3 Å². The Hall–Kier alpha value is -1.55. The number of para-hydroxylation sites is 1. The molecule has 0 saturated carbocycles. The van der Waals surface area contributed by atoms with E-state index in [9.17, 15) is 4.79 Å². The lowest BCUT2D eigenvalue weighted by atomic mass is 10.0. The van der Waals surface area contributed by atoms with E-state index in [0.29, 0.717) is 12.1 Å². The zero-order valence-corrected chi connectivity index (χ0v) is 8.32. The highest BCUT2D eigenvalue weighted by atomic mass is 16.1. The van der Waals surface area contributed by atoms with E-state index < -0.39 is 0 Å².